The molecule has 0 aliphatic rings. The molecule has 0 aromatic heterocycles. The van der Waals surface area contributed by atoms with Crippen LogP contribution in [0.15, 0.2) is 12.2 Å². The van der Waals surface area contributed by atoms with Gasteiger partial charge in [-0.2, -0.15) is 0 Å². The van der Waals surface area contributed by atoms with E-state index in [1.165, 1.54) is 44.9 Å². The van der Waals surface area contributed by atoms with Crippen LogP contribution in [0.1, 0.15) is 72.1 Å². The first kappa shape index (κ1) is 17.7. The minimum Gasteiger partial charge on any atom is -0.353 e. The van der Waals surface area contributed by atoms with E-state index in [1.54, 1.807) is 0 Å². The van der Waals surface area contributed by atoms with Gasteiger partial charge in [0.15, 0.2) is 6.29 Å². The van der Waals surface area contributed by atoms with Crippen molar-refractivity contribution in [2.75, 3.05) is 13.2 Å². The molecule has 2 heteroatoms. The van der Waals surface area contributed by atoms with E-state index in [2.05, 4.69) is 19.1 Å². The molecule has 0 aromatic rings. The Balaban J connectivity index is 3.05. The average Bonchev–Trinajstić information content (AvgIpc) is 2.36. The first-order valence-corrected chi connectivity index (χ1v) is 7.69. The van der Waals surface area contributed by atoms with Crippen molar-refractivity contribution in [3.63, 3.8) is 0 Å². The van der Waals surface area contributed by atoms with Crippen molar-refractivity contribution in [1.29, 1.82) is 0 Å². The lowest BCUT2D eigenvalue weighted by Gasteiger charge is -2.12. The molecule has 0 radical (unpaired) electrons. The quantitative estimate of drug-likeness (QED) is 0.260. The maximum absolute atomic E-state index is 5.52. The summed E-state index contributed by atoms with van der Waals surface area (Å²) in [4.78, 5) is 0. The molecule has 0 aromatic carbocycles. The van der Waals surface area contributed by atoms with Crippen molar-refractivity contribution in [3.05, 3.63) is 12.2 Å². The number of hydrogen-bond donors (Lipinski definition) is 0. The summed E-state index contributed by atoms with van der Waals surface area (Å²) in [5, 5.41) is 0. The zero-order valence-electron chi connectivity index (χ0n) is 12.6. The standard InChI is InChI=1S/C16H32O2/c1-4-6-7-8-9-10-11-12-13-14-15-18-16(3)17-5-2/h6-7,16H,4-5,8-15H2,1-3H3/b7-6-. The highest BCUT2D eigenvalue weighted by Crippen LogP contribution is 2.08. The van der Waals surface area contributed by atoms with Crippen LogP contribution in [0.4, 0.5) is 0 Å². The molecule has 0 spiro atoms. The van der Waals surface area contributed by atoms with E-state index in [0.717, 1.165) is 19.6 Å². The van der Waals surface area contributed by atoms with Crippen LogP contribution in [0, 0.1) is 0 Å². The molecular weight excluding hydrogens is 224 g/mol. The second-order valence-corrected chi connectivity index (χ2v) is 4.68. The van der Waals surface area contributed by atoms with E-state index < -0.39 is 0 Å². The van der Waals surface area contributed by atoms with Crippen LogP contribution < -0.4 is 0 Å². The van der Waals surface area contributed by atoms with Crippen LogP contribution in [-0.4, -0.2) is 19.5 Å². The van der Waals surface area contributed by atoms with Crippen LogP contribution >= 0.6 is 0 Å². The van der Waals surface area contributed by atoms with Crippen LogP contribution in [-0.2, 0) is 9.47 Å². The lowest BCUT2D eigenvalue weighted by molar-refractivity contribution is -0.127. The molecule has 0 fully saturated rings. The predicted molar refractivity (Wildman–Crippen MR) is 78.8 cm³/mol. The molecule has 18 heavy (non-hydrogen) atoms. The normalized spacial score (nSPS) is 13.3. The Kier molecular flexibility index (Phi) is 14.4. The SMILES string of the molecule is CC/C=C\CCCCCCCCOC(C)OCC. The Morgan fingerprint density at radius 2 is 1.50 bits per heavy atom. The van der Waals surface area contributed by atoms with Crippen molar-refractivity contribution >= 4 is 0 Å². The molecule has 0 saturated carbocycles. The highest BCUT2D eigenvalue weighted by molar-refractivity contribution is 4.79. The summed E-state index contributed by atoms with van der Waals surface area (Å²) in [6.45, 7) is 7.71. The number of unbranched alkanes of at least 4 members (excludes halogenated alkanes) is 6. The molecule has 0 aliphatic heterocycles. The van der Waals surface area contributed by atoms with Gasteiger partial charge in [-0.05, 0) is 39.5 Å². The molecule has 0 aliphatic carbocycles. The van der Waals surface area contributed by atoms with Gasteiger partial charge in [0.25, 0.3) is 0 Å². The summed E-state index contributed by atoms with van der Waals surface area (Å²) in [6.07, 6.45) is 14.8. The first-order valence-electron chi connectivity index (χ1n) is 7.69. The second-order valence-electron chi connectivity index (χ2n) is 4.68. The third-order valence-electron chi connectivity index (χ3n) is 2.92. The van der Waals surface area contributed by atoms with Gasteiger partial charge in [-0.25, -0.2) is 0 Å². The lowest BCUT2D eigenvalue weighted by Crippen LogP contribution is -2.13. The fourth-order valence-electron chi connectivity index (χ4n) is 1.89. The Morgan fingerprint density at radius 1 is 0.833 bits per heavy atom. The third kappa shape index (κ3) is 13.7. The van der Waals surface area contributed by atoms with Gasteiger partial charge in [-0.1, -0.05) is 44.8 Å². The number of ether oxygens (including phenoxy) is 2. The van der Waals surface area contributed by atoms with Crippen LogP contribution in [0.25, 0.3) is 0 Å². The molecule has 1 unspecified atom stereocenters. The maximum atomic E-state index is 5.52. The van der Waals surface area contributed by atoms with Gasteiger partial charge in [-0.3, -0.25) is 0 Å². The maximum Gasteiger partial charge on any atom is 0.154 e. The van der Waals surface area contributed by atoms with E-state index >= 15 is 0 Å². The number of rotatable bonds is 13. The lowest BCUT2D eigenvalue weighted by atomic mass is 10.1. The Hall–Kier alpha value is -0.340. The van der Waals surface area contributed by atoms with Gasteiger partial charge in [0, 0.05) is 13.2 Å². The fraction of sp³-hybridized carbons (Fsp3) is 0.875. The van der Waals surface area contributed by atoms with Gasteiger partial charge in [0.05, 0.1) is 0 Å². The van der Waals surface area contributed by atoms with Gasteiger partial charge < -0.3 is 9.47 Å². The summed E-state index contributed by atoms with van der Waals surface area (Å²) >= 11 is 0. The highest BCUT2D eigenvalue weighted by Gasteiger charge is 1.99. The molecule has 0 bridgehead atoms. The molecule has 0 amide bonds. The molecule has 2 nitrogen and oxygen atoms in total. The topological polar surface area (TPSA) is 18.5 Å². The van der Waals surface area contributed by atoms with Gasteiger partial charge >= 0.3 is 0 Å². The third-order valence-corrected chi connectivity index (χ3v) is 2.92. The minimum absolute atomic E-state index is 0.0413. The smallest absolute Gasteiger partial charge is 0.154 e. The predicted octanol–water partition coefficient (Wildman–Crippen LogP) is 5.08. The van der Waals surface area contributed by atoms with Gasteiger partial charge in [0.2, 0.25) is 0 Å². The Bertz CT molecular complexity index is 178. The summed E-state index contributed by atoms with van der Waals surface area (Å²) in [5.74, 6) is 0. The van der Waals surface area contributed by atoms with Gasteiger partial charge in [-0.15, -0.1) is 0 Å². The van der Waals surface area contributed by atoms with Crippen LogP contribution in [0.5, 0.6) is 0 Å². The average molecular weight is 256 g/mol. The van der Waals surface area contributed by atoms with Crippen molar-refractivity contribution < 1.29 is 9.47 Å². The molecule has 0 heterocycles. The monoisotopic (exact) mass is 256 g/mol. The highest BCUT2D eigenvalue weighted by atomic mass is 16.7. The molecule has 1 atom stereocenters. The van der Waals surface area contributed by atoms with Crippen LogP contribution in [0.2, 0.25) is 0 Å². The van der Waals surface area contributed by atoms with E-state index in [4.69, 9.17) is 9.47 Å². The summed E-state index contributed by atoms with van der Waals surface area (Å²) in [6, 6.07) is 0. The van der Waals surface area contributed by atoms with E-state index in [-0.39, 0.29) is 6.29 Å². The summed E-state index contributed by atoms with van der Waals surface area (Å²) in [5.41, 5.74) is 0. The number of allylic oxidation sites excluding steroid dienone is 2. The van der Waals surface area contributed by atoms with Crippen LogP contribution in [0.3, 0.4) is 0 Å². The first-order chi connectivity index (χ1) is 8.81. The molecule has 0 rings (SSSR count). The van der Waals surface area contributed by atoms with E-state index in [1.807, 2.05) is 13.8 Å². The van der Waals surface area contributed by atoms with E-state index in [9.17, 15) is 0 Å². The fourth-order valence-corrected chi connectivity index (χ4v) is 1.89. The van der Waals surface area contributed by atoms with Crippen molar-refractivity contribution in [3.8, 4) is 0 Å². The zero-order valence-corrected chi connectivity index (χ0v) is 12.6. The van der Waals surface area contributed by atoms with Gasteiger partial charge in [0.1, 0.15) is 0 Å². The zero-order chi connectivity index (χ0) is 13.5. The second kappa shape index (κ2) is 14.7. The summed E-state index contributed by atoms with van der Waals surface area (Å²) in [7, 11) is 0. The summed E-state index contributed by atoms with van der Waals surface area (Å²) < 4.78 is 10.8. The van der Waals surface area contributed by atoms with Crippen molar-refractivity contribution in [2.45, 2.75) is 78.4 Å². The molecule has 0 saturated heterocycles. The largest absolute Gasteiger partial charge is 0.353 e. The van der Waals surface area contributed by atoms with E-state index in [0.29, 0.717) is 0 Å². The molecule has 0 N–H and O–H groups in total. The van der Waals surface area contributed by atoms with Crippen molar-refractivity contribution in [1.82, 2.24) is 0 Å². The molecule has 108 valence electrons. The number of hydrogen-bond acceptors (Lipinski definition) is 2. The Morgan fingerprint density at radius 3 is 2.17 bits per heavy atom. The molecular formula is C16H32O2. The Labute approximate surface area is 114 Å². The van der Waals surface area contributed by atoms with Crippen molar-refractivity contribution in [2.24, 2.45) is 0 Å². The minimum atomic E-state index is -0.0413.